The monoisotopic (exact) mass is 300 g/mol. The second-order valence-electron chi connectivity index (χ2n) is 5.19. The largest absolute Gasteiger partial charge is 0.372 e. The van der Waals surface area contributed by atoms with Crippen LogP contribution >= 0.6 is 11.8 Å². The van der Waals surface area contributed by atoms with Crippen molar-refractivity contribution < 1.29 is 4.92 Å². The number of thioether (sulfide) groups is 1. The summed E-state index contributed by atoms with van der Waals surface area (Å²) < 4.78 is 0. The molecule has 0 fully saturated rings. The van der Waals surface area contributed by atoms with E-state index in [1.165, 1.54) is 11.1 Å². The number of nitro groups is 1. The fourth-order valence-electron chi connectivity index (χ4n) is 2.61. The summed E-state index contributed by atoms with van der Waals surface area (Å²) >= 11 is 1.85. The van der Waals surface area contributed by atoms with Crippen LogP contribution in [0.1, 0.15) is 22.7 Å². The summed E-state index contributed by atoms with van der Waals surface area (Å²) in [5.74, 6) is 1.92. The number of aryl methyl sites for hydroxylation is 1. The van der Waals surface area contributed by atoms with E-state index in [4.69, 9.17) is 0 Å². The number of nitro benzene ring substituents is 1. The molecule has 1 heterocycles. The number of hydrogen-bond acceptors (Lipinski definition) is 4. The number of anilines is 1. The molecule has 0 bridgehead atoms. The Balaban J connectivity index is 1.95. The van der Waals surface area contributed by atoms with Crippen LogP contribution in [0.25, 0.3) is 0 Å². The van der Waals surface area contributed by atoms with Gasteiger partial charge in [-0.05, 0) is 29.7 Å². The summed E-state index contributed by atoms with van der Waals surface area (Å²) in [4.78, 5) is 10.9. The fourth-order valence-corrected chi connectivity index (χ4v) is 3.71. The van der Waals surface area contributed by atoms with Crippen molar-refractivity contribution in [3.8, 4) is 0 Å². The van der Waals surface area contributed by atoms with Crippen LogP contribution in [0.4, 0.5) is 11.4 Å². The molecule has 1 unspecified atom stereocenters. The highest BCUT2D eigenvalue weighted by atomic mass is 32.2. The van der Waals surface area contributed by atoms with E-state index in [1.807, 2.05) is 36.9 Å². The van der Waals surface area contributed by atoms with E-state index >= 15 is 0 Å². The molecule has 4 nitrogen and oxygen atoms in total. The summed E-state index contributed by atoms with van der Waals surface area (Å²) in [7, 11) is 0. The average Bonchev–Trinajstić information content (AvgIpc) is 2.47. The average molecular weight is 300 g/mol. The Hall–Kier alpha value is -2.01. The lowest BCUT2D eigenvalue weighted by Gasteiger charge is -2.26. The van der Waals surface area contributed by atoms with Gasteiger partial charge in [0.05, 0.1) is 11.0 Å². The number of rotatable bonds is 3. The van der Waals surface area contributed by atoms with Gasteiger partial charge in [0.25, 0.3) is 5.69 Å². The zero-order valence-corrected chi connectivity index (χ0v) is 12.5. The predicted octanol–water partition coefficient (Wildman–Crippen LogP) is 4.30. The third-order valence-corrected chi connectivity index (χ3v) is 4.74. The van der Waals surface area contributed by atoms with E-state index < -0.39 is 0 Å². The zero-order valence-electron chi connectivity index (χ0n) is 11.7. The molecule has 5 heteroatoms. The standard InChI is InChI=1S/C16H16N2O2S/c1-11-6-7-16(18(19)20)14(8-11)17-15-10-21-9-12-4-2-3-5-13(12)15/h2-8,15,17H,9-10H2,1H3. The Morgan fingerprint density at radius 1 is 1.29 bits per heavy atom. The van der Waals surface area contributed by atoms with E-state index in [0.717, 1.165) is 17.1 Å². The summed E-state index contributed by atoms with van der Waals surface area (Å²) in [6, 6.07) is 13.6. The topological polar surface area (TPSA) is 55.2 Å². The molecule has 21 heavy (non-hydrogen) atoms. The molecule has 0 aromatic heterocycles. The molecule has 2 aromatic rings. The van der Waals surface area contributed by atoms with Crippen molar-refractivity contribution in [2.24, 2.45) is 0 Å². The first-order valence-corrected chi connectivity index (χ1v) is 7.98. The molecule has 0 radical (unpaired) electrons. The number of fused-ring (bicyclic) bond motifs is 1. The van der Waals surface area contributed by atoms with Crippen LogP contribution < -0.4 is 5.32 Å². The van der Waals surface area contributed by atoms with Gasteiger partial charge in [0.1, 0.15) is 5.69 Å². The maximum absolute atomic E-state index is 11.2. The van der Waals surface area contributed by atoms with Crippen molar-refractivity contribution in [1.29, 1.82) is 0 Å². The van der Waals surface area contributed by atoms with Crippen LogP contribution in [-0.4, -0.2) is 10.7 Å². The molecular formula is C16H16N2O2S. The first-order valence-electron chi connectivity index (χ1n) is 6.82. The summed E-state index contributed by atoms with van der Waals surface area (Å²) in [5, 5.41) is 14.5. The normalized spacial score (nSPS) is 17.1. The van der Waals surface area contributed by atoms with Crippen molar-refractivity contribution in [1.82, 2.24) is 0 Å². The Morgan fingerprint density at radius 3 is 2.90 bits per heavy atom. The SMILES string of the molecule is Cc1ccc([N+](=O)[O-])c(NC2CSCc3ccccc32)c1. The molecule has 1 N–H and O–H groups in total. The van der Waals surface area contributed by atoms with E-state index in [0.29, 0.717) is 5.69 Å². The van der Waals surface area contributed by atoms with Crippen molar-refractivity contribution in [2.45, 2.75) is 18.7 Å². The van der Waals surface area contributed by atoms with Gasteiger partial charge in [-0.1, -0.05) is 30.3 Å². The molecule has 1 aliphatic rings. The molecule has 0 saturated carbocycles. The smallest absolute Gasteiger partial charge is 0.292 e. The predicted molar refractivity (Wildman–Crippen MR) is 86.8 cm³/mol. The van der Waals surface area contributed by atoms with Crippen LogP contribution in [0.2, 0.25) is 0 Å². The van der Waals surface area contributed by atoms with E-state index in [9.17, 15) is 10.1 Å². The van der Waals surface area contributed by atoms with Gasteiger partial charge in [0.2, 0.25) is 0 Å². The lowest BCUT2D eigenvalue weighted by molar-refractivity contribution is -0.384. The van der Waals surface area contributed by atoms with Crippen LogP contribution in [0, 0.1) is 17.0 Å². The molecule has 2 aromatic carbocycles. The van der Waals surface area contributed by atoms with E-state index in [2.05, 4.69) is 17.4 Å². The minimum absolute atomic E-state index is 0.112. The van der Waals surface area contributed by atoms with Gasteiger partial charge in [-0.2, -0.15) is 11.8 Å². The third kappa shape index (κ3) is 2.88. The maximum atomic E-state index is 11.2. The number of benzene rings is 2. The zero-order chi connectivity index (χ0) is 14.8. The number of nitrogens with one attached hydrogen (secondary N) is 1. The van der Waals surface area contributed by atoms with Gasteiger partial charge in [-0.25, -0.2) is 0 Å². The highest BCUT2D eigenvalue weighted by Gasteiger charge is 2.23. The lowest BCUT2D eigenvalue weighted by Crippen LogP contribution is -2.19. The summed E-state index contributed by atoms with van der Waals surface area (Å²) in [5.41, 5.74) is 4.30. The Kier molecular flexibility index (Phi) is 3.84. The third-order valence-electron chi connectivity index (χ3n) is 3.65. The van der Waals surface area contributed by atoms with Gasteiger partial charge < -0.3 is 5.32 Å². The summed E-state index contributed by atoms with van der Waals surface area (Å²) in [6.07, 6.45) is 0. The molecule has 0 spiro atoms. The van der Waals surface area contributed by atoms with Crippen molar-refractivity contribution in [3.63, 3.8) is 0 Å². The van der Waals surface area contributed by atoms with Gasteiger partial charge >= 0.3 is 0 Å². The minimum atomic E-state index is -0.330. The minimum Gasteiger partial charge on any atom is -0.372 e. The maximum Gasteiger partial charge on any atom is 0.292 e. The van der Waals surface area contributed by atoms with Gasteiger partial charge in [0.15, 0.2) is 0 Å². The van der Waals surface area contributed by atoms with E-state index in [1.54, 1.807) is 12.1 Å². The highest BCUT2D eigenvalue weighted by molar-refractivity contribution is 7.98. The van der Waals surface area contributed by atoms with Crippen molar-refractivity contribution in [2.75, 3.05) is 11.1 Å². The lowest BCUT2D eigenvalue weighted by atomic mass is 10.0. The quantitative estimate of drug-likeness (QED) is 0.678. The van der Waals surface area contributed by atoms with Crippen LogP contribution in [0.15, 0.2) is 42.5 Å². The Labute approximate surface area is 127 Å². The van der Waals surface area contributed by atoms with Crippen LogP contribution in [0.3, 0.4) is 0 Å². The second-order valence-corrected chi connectivity index (χ2v) is 6.22. The van der Waals surface area contributed by atoms with Crippen LogP contribution in [0.5, 0.6) is 0 Å². The first-order chi connectivity index (χ1) is 10.1. The van der Waals surface area contributed by atoms with Crippen molar-refractivity contribution >= 4 is 23.1 Å². The molecular weight excluding hydrogens is 284 g/mol. The number of nitrogens with zero attached hydrogens (tertiary/aromatic N) is 1. The highest BCUT2D eigenvalue weighted by Crippen LogP contribution is 2.36. The fraction of sp³-hybridized carbons (Fsp3) is 0.250. The molecule has 1 aliphatic heterocycles. The van der Waals surface area contributed by atoms with Crippen LogP contribution in [-0.2, 0) is 5.75 Å². The molecule has 0 saturated heterocycles. The Bertz CT molecular complexity index is 688. The van der Waals surface area contributed by atoms with Gasteiger partial charge in [0, 0.05) is 17.6 Å². The molecule has 0 aliphatic carbocycles. The molecule has 0 amide bonds. The molecule has 3 rings (SSSR count). The molecule has 108 valence electrons. The first kappa shape index (κ1) is 13.9. The van der Waals surface area contributed by atoms with E-state index in [-0.39, 0.29) is 16.7 Å². The van der Waals surface area contributed by atoms with Gasteiger partial charge in [-0.3, -0.25) is 10.1 Å². The van der Waals surface area contributed by atoms with Crippen molar-refractivity contribution in [3.05, 3.63) is 69.3 Å². The Morgan fingerprint density at radius 2 is 2.10 bits per heavy atom. The second kappa shape index (κ2) is 5.77. The molecule has 1 atom stereocenters. The summed E-state index contributed by atoms with van der Waals surface area (Å²) in [6.45, 7) is 1.94. The number of hydrogen-bond donors (Lipinski definition) is 1. The van der Waals surface area contributed by atoms with Gasteiger partial charge in [-0.15, -0.1) is 0 Å².